The first kappa shape index (κ1) is 17.3. The molecule has 7 heteroatoms. The first-order chi connectivity index (χ1) is 13.1. The molecule has 1 atom stereocenters. The predicted molar refractivity (Wildman–Crippen MR) is 112 cm³/mol. The minimum atomic E-state index is 0.0462. The molecular formula is C20H25N5OS. The Bertz CT molecular complexity index is 976. The minimum absolute atomic E-state index is 0.0462. The van der Waals surface area contributed by atoms with Gasteiger partial charge < -0.3 is 9.80 Å². The van der Waals surface area contributed by atoms with E-state index in [2.05, 4.69) is 26.9 Å². The molecule has 0 amide bonds. The zero-order valence-corrected chi connectivity index (χ0v) is 16.7. The van der Waals surface area contributed by atoms with Gasteiger partial charge in [0, 0.05) is 45.0 Å². The lowest BCUT2D eigenvalue weighted by Crippen LogP contribution is -2.38. The highest BCUT2D eigenvalue weighted by molar-refractivity contribution is 8.14. The second kappa shape index (κ2) is 6.63. The number of thioether (sulfide) groups is 1. The largest absolute Gasteiger partial charge is 0.367 e. The molecule has 1 unspecified atom stereocenters. The summed E-state index contributed by atoms with van der Waals surface area (Å²) >= 11 is 1.70. The highest BCUT2D eigenvalue weighted by Gasteiger charge is 2.29. The Kier molecular flexibility index (Phi) is 4.24. The number of fused-ring (bicyclic) bond motifs is 5. The lowest BCUT2D eigenvalue weighted by atomic mass is 10.0. The van der Waals surface area contributed by atoms with Crippen LogP contribution in [-0.2, 0) is 7.05 Å². The van der Waals surface area contributed by atoms with Crippen LogP contribution in [0.1, 0.15) is 30.8 Å². The molecule has 142 valence electrons. The van der Waals surface area contributed by atoms with Crippen LogP contribution in [0.5, 0.6) is 0 Å². The van der Waals surface area contributed by atoms with Gasteiger partial charge in [0.25, 0.3) is 5.56 Å². The Morgan fingerprint density at radius 3 is 2.70 bits per heavy atom. The van der Waals surface area contributed by atoms with Gasteiger partial charge in [-0.05, 0) is 38.0 Å². The van der Waals surface area contributed by atoms with Crippen LogP contribution in [0.25, 0.3) is 10.9 Å². The first-order valence-electron chi connectivity index (χ1n) is 9.77. The zero-order chi connectivity index (χ0) is 18.5. The van der Waals surface area contributed by atoms with Crippen LogP contribution in [0.2, 0.25) is 0 Å². The fraction of sp³-hybridized carbons (Fsp3) is 0.550. The van der Waals surface area contributed by atoms with Gasteiger partial charge in [0.1, 0.15) is 5.82 Å². The summed E-state index contributed by atoms with van der Waals surface area (Å²) < 4.78 is 1.72. The third-order valence-corrected chi connectivity index (χ3v) is 7.28. The average molecular weight is 384 g/mol. The second-order valence-electron chi connectivity index (χ2n) is 7.77. The quantitative estimate of drug-likeness (QED) is 0.797. The summed E-state index contributed by atoms with van der Waals surface area (Å²) in [4.78, 5) is 27.5. The van der Waals surface area contributed by atoms with Gasteiger partial charge in [0.2, 0.25) is 0 Å². The Labute approximate surface area is 163 Å². The van der Waals surface area contributed by atoms with E-state index < -0.39 is 0 Å². The van der Waals surface area contributed by atoms with Crippen molar-refractivity contribution in [3.05, 3.63) is 34.4 Å². The molecule has 4 aliphatic rings. The smallest absolute Gasteiger partial charge is 0.261 e. The molecule has 1 aromatic heterocycles. The Morgan fingerprint density at radius 1 is 1.15 bits per heavy atom. The van der Waals surface area contributed by atoms with E-state index in [0.29, 0.717) is 12.6 Å². The van der Waals surface area contributed by atoms with E-state index in [1.165, 1.54) is 25.9 Å². The summed E-state index contributed by atoms with van der Waals surface area (Å²) in [7, 11) is 1.84. The Hall–Kier alpha value is -1.86. The summed E-state index contributed by atoms with van der Waals surface area (Å²) in [5, 5.41) is 1.93. The fourth-order valence-electron chi connectivity index (χ4n) is 4.60. The number of nitrogens with zero attached hydrogens (tertiary/aromatic N) is 5. The van der Waals surface area contributed by atoms with Gasteiger partial charge in [-0.3, -0.25) is 14.4 Å². The molecule has 2 bridgehead atoms. The Balaban J connectivity index is 1.54. The maximum atomic E-state index is 13.1. The van der Waals surface area contributed by atoms with E-state index in [4.69, 9.17) is 4.98 Å². The van der Waals surface area contributed by atoms with Crippen LogP contribution < -0.4 is 10.5 Å². The lowest BCUT2D eigenvalue weighted by Gasteiger charge is -2.33. The predicted octanol–water partition coefficient (Wildman–Crippen LogP) is 2.42. The monoisotopic (exact) mass is 383 g/mol. The number of rotatable bonds is 2. The van der Waals surface area contributed by atoms with Crippen molar-refractivity contribution >= 4 is 33.4 Å². The van der Waals surface area contributed by atoms with E-state index in [-0.39, 0.29) is 10.8 Å². The topological polar surface area (TPSA) is 53.7 Å². The maximum absolute atomic E-state index is 13.1. The van der Waals surface area contributed by atoms with E-state index in [9.17, 15) is 4.79 Å². The van der Waals surface area contributed by atoms with Crippen LogP contribution in [0.3, 0.4) is 0 Å². The van der Waals surface area contributed by atoms with Crippen LogP contribution in [-0.4, -0.2) is 58.3 Å². The van der Waals surface area contributed by atoms with Gasteiger partial charge >= 0.3 is 0 Å². The van der Waals surface area contributed by atoms with Crippen molar-refractivity contribution < 1.29 is 0 Å². The van der Waals surface area contributed by atoms with E-state index in [1.54, 1.807) is 16.3 Å². The van der Waals surface area contributed by atoms with Gasteiger partial charge in [0.05, 0.1) is 27.7 Å². The number of piperidine rings is 1. The molecule has 27 heavy (non-hydrogen) atoms. The normalized spacial score (nSPS) is 27.9. The number of hydrogen-bond acceptors (Lipinski definition) is 6. The average Bonchev–Trinajstić information content (AvgIpc) is 2.90. The molecule has 0 radical (unpaired) electrons. The van der Waals surface area contributed by atoms with Crippen molar-refractivity contribution in [2.75, 3.05) is 37.6 Å². The van der Waals surface area contributed by atoms with Crippen molar-refractivity contribution in [1.82, 2.24) is 14.5 Å². The molecule has 1 aromatic carbocycles. The van der Waals surface area contributed by atoms with Gasteiger partial charge in [-0.2, -0.15) is 0 Å². The molecule has 3 saturated heterocycles. The zero-order valence-electron chi connectivity index (χ0n) is 15.9. The summed E-state index contributed by atoms with van der Waals surface area (Å²) in [6.45, 7) is 7.26. The SMILES string of the molecule is CC1=NCC(c2nc3ccc(N4CCN5CCC4CC5)cc3c(=O)n2C)S1. The molecule has 0 spiro atoms. The van der Waals surface area contributed by atoms with Gasteiger partial charge in [0.15, 0.2) is 0 Å². The van der Waals surface area contributed by atoms with Crippen LogP contribution in [0, 0.1) is 0 Å². The van der Waals surface area contributed by atoms with Crippen molar-refractivity contribution in [1.29, 1.82) is 0 Å². The third-order valence-electron chi connectivity index (χ3n) is 6.16. The summed E-state index contributed by atoms with van der Waals surface area (Å²) in [5.74, 6) is 0.826. The van der Waals surface area contributed by atoms with Crippen LogP contribution in [0.4, 0.5) is 5.69 Å². The maximum Gasteiger partial charge on any atom is 0.261 e. The summed E-state index contributed by atoms with van der Waals surface area (Å²) in [5.41, 5.74) is 2.01. The van der Waals surface area contributed by atoms with Gasteiger partial charge in [-0.15, -0.1) is 0 Å². The Morgan fingerprint density at radius 2 is 1.96 bits per heavy atom. The van der Waals surface area contributed by atoms with Crippen molar-refractivity contribution in [2.24, 2.45) is 12.0 Å². The molecule has 6 nitrogen and oxygen atoms in total. The number of anilines is 1. The molecular weight excluding hydrogens is 358 g/mol. The number of hydrogen-bond donors (Lipinski definition) is 0. The van der Waals surface area contributed by atoms with Gasteiger partial charge in [-0.25, -0.2) is 4.98 Å². The molecule has 0 aliphatic carbocycles. The standard InChI is InChI=1S/C20H25N5OS/c1-13-21-12-18(27-13)19-22-17-4-3-15(11-16(17)20(26)23(19)2)25-10-9-24-7-5-14(25)6-8-24/h3-4,11,14,18H,5-10,12H2,1-2H3. The number of benzene rings is 1. The number of aliphatic imine (C=N–C) groups is 1. The highest BCUT2D eigenvalue weighted by atomic mass is 32.2. The van der Waals surface area contributed by atoms with Crippen molar-refractivity contribution in [3.8, 4) is 0 Å². The molecule has 2 aromatic rings. The minimum Gasteiger partial charge on any atom is -0.367 e. The van der Waals surface area contributed by atoms with Crippen molar-refractivity contribution in [2.45, 2.75) is 31.1 Å². The van der Waals surface area contributed by atoms with Crippen LogP contribution >= 0.6 is 11.8 Å². The van der Waals surface area contributed by atoms with Crippen LogP contribution in [0.15, 0.2) is 28.0 Å². The molecule has 0 saturated carbocycles. The molecule has 3 fully saturated rings. The molecule has 6 rings (SSSR count). The van der Waals surface area contributed by atoms with E-state index >= 15 is 0 Å². The number of aromatic nitrogens is 2. The van der Waals surface area contributed by atoms with Gasteiger partial charge in [-0.1, -0.05) is 11.8 Å². The molecule has 4 aliphatic heterocycles. The first-order valence-corrected chi connectivity index (χ1v) is 10.7. The van der Waals surface area contributed by atoms with E-state index in [1.807, 2.05) is 20.0 Å². The second-order valence-corrected chi connectivity index (χ2v) is 9.16. The van der Waals surface area contributed by atoms with E-state index in [0.717, 1.165) is 40.5 Å². The fourth-order valence-corrected chi connectivity index (χ4v) is 5.62. The molecule has 0 N–H and O–H groups in total. The lowest BCUT2D eigenvalue weighted by molar-refractivity contribution is 0.250. The summed E-state index contributed by atoms with van der Waals surface area (Å²) in [6.07, 6.45) is 2.43. The highest BCUT2D eigenvalue weighted by Crippen LogP contribution is 2.34. The molecule has 5 heterocycles. The summed E-state index contributed by atoms with van der Waals surface area (Å²) in [6, 6.07) is 6.83. The van der Waals surface area contributed by atoms with Crippen molar-refractivity contribution in [3.63, 3.8) is 0 Å². The third kappa shape index (κ3) is 2.97.